The summed E-state index contributed by atoms with van der Waals surface area (Å²) in [6, 6.07) is 7.84. The van der Waals surface area contributed by atoms with Crippen LogP contribution < -0.4 is 11.1 Å². The van der Waals surface area contributed by atoms with E-state index < -0.39 is 0 Å². The van der Waals surface area contributed by atoms with Gasteiger partial charge in [0.15, 0.2) is 0 Å². The van der Waals surface area contributed by atoms with Crippen molar-refractivity contribution in [2.24, 2.45) is 5.92 Å². The molecule has 4 heteroatoms. The lowest BCUT2D eigenvalue weighted by Gasteiger charge is -2.36. The van der Waals surface area contributed by atoms with Crippen LogP contribution in [0, 0.1) is 5.92 Å². The van der Waals surface area contributed by atoms with E-state index in [2.05, 4.69) is 24.1 Å². The largest absolute Gasteiger partial charge is 0.399 e. The molecule has 20 heavy (non-hydrogen) atoms. The van der Waals surface area contributed by atoms with E-state index in [0.29, 0.717) is 18.2 Å². The molecular weight excluding hydrogens is 250 g/mol. The van der Waals surface area contributed by atoms with Crippen LogP contribution in [0.2, 0.25) is 0 Å². The number of nitrogens with one attached hydrogen (secondary N) is 1. The Labute approximate surface area is 121 Å². The highest BCUT2D eigenvalue weighted by molar-refractivity contribution is 5.90. The van der Waals surface area contributed by atoms with Gasteiger partial charge in [-0.15, -0.1) is 0 Å². The normalized spacial score (nSPS) is 23.5. The molecule has 2 rings (SSSR count). The third kappa shape index (κ3) is 4.23. The second-order valence-electron chi connectivity index (χ2n) is 5.93. The van der Waals surface area contributed by atoms with Crippen LogP contribution in [0.25, 0.3) is 0 Å². The molecule has 4 nitrogen and oxygen atoms in total. The Morgan fingerprint density at radius 1 is 1.35 bits per heavy atom. The summed E-state index contributed by atoms with van der Waals surface area (Å²) in [5.41, 5.74) is 7.14. The van der Waals surface area contributed by atoms with Crippen LogP contribution in [-0.4, -0.2) is 29.9 Å². The average Bonchev–Trinajstić information content (AvgIpc) is 2.40. The van der Waals surface area contributed by atoms with Crippen LogP contribution in [-0.2, 0) is 4.79 Å². The molecule has 0 aliphatic carbocycles. The van der Waals surface area contributed by atoms with Crippen molar-refractivity contribution in [2.45, 2.75) is 39.2 Å². The minimum absolute atomic E-state index is 0.0700. The van der Waals surface area contributed by atoms with E-state index in [9.17, 15) is 4.79 Å². The van der Waals surface area contributed by atoms with Crippen molar-refractivity contribution >= 4 is 17.3 Å². The molecule has 1 fully saturated rings. The third-order valence-electron chi connectivity index (χ3n) is 4.10. The van der Waals surface area contributed by atoms with E-state index in [4.69, 9.17) is 5.73 Å². The first-order chi connectivity index (χ1) is 9.54. The highest BCUT2D eigenvalue weighted by Gasteiger charge is 2.22. The Bertz CT molecular complexity index is 444. The van der Waals surface area contributed by atoms with Gasteiger partial charge in [0.2, 0.25) is 5.91 Å². The lowest BCUT2D eigenvalue weighted by atomic mass is 9.93. The number of nitrogens with zero attached hydrogens (tertiary/aromatic N) is 1. The first-order valence-electron chi connectivity index (χ1n) is 7.44. The molecule has 0 bridgehead atoms. The predicted molar refractivity (Wildman–Crippen MR) is 83.5 cm³/mol. The maximum Gasteiger partial charge on any atom is 0.225 e. The van der Waals surface area contributed by atoms with E-state index >= 15 is 0 Å². The number of rotatable bonds is 4. The number of nitrogen functional groups attached to an aromatic ring is 1. The number of likely N-dealkylation sites (tertiary alicyclic amines) is 1. The van der Waals surface area contributed by atoms with Gasteiger partial charge >= 0.3 is 0 Å². The van der Waals surface area contributed by atoms with Gasteiger partial charge in [-0.2, -0.15) is 0 Å². The second-order valence-corrected chi connectivity index (χ2v) is 5.93. The minimum atomic E-state index is 0.0700. The molecule has 2 unspecified atom stereocenters. The molecule has 0 aromatic heterocycles. The zero-order valence-electron chi connectivity index (χ0n) is 12.4. The number of hydrogen-bond acceptors (Lipinski definition) is 3. The molecule has 1 aliphatic rings. The van der Waals surface area contributed by atoms with Gasteiger partial charge in [0, 0.05) is 30.4 Å². The summed E-state index contributed by atoms with van der Waals surface area (Å²) in [6.07, 6.45) is 3.02. The number of anilines is 2. The van der Waals surface area contributed by atoms with Crippen molar-refractivity contribution in [3.05, 3.63) is 24.3 Å². The van der Waals surface area contributed by atoms with E-state index in [0.717, 1.165) is 24.7 Å². The number of carbonyl (C=O) groups excluding carboxylic acids is 1. The molecule has 110 valence electrons. The summed E-state index contributed by atoms with van der Waals surface area (Å²) < 4.78 is 0. The number of hydrogen-bond donors (Lipinski definition) is 2. The summed E-state index contributed by atoms with van der Waals surface area (Å²) in [6.45, 7) is 6.52. The SMILES string of the molecule is CC1CCN(CCC(=O)Nc2ccc(N)cc2)C(C)C1. The molecule has 2 atom stereocenters. The van der Waals surface area contributed by atoms with E-state index in [1.165, 1.54) is 12.8 Å². The van der Waals surface area contributed by atoms with Gasteiger partial charge in [-0.1, -0.05) is 6.92 Å². The Morgan fingerprint density at radius 2 is 2.05 bits per heavy atom. The maximum atomic E-state index is 11.9. The first kappa shape index (κ1) is 14.9. The lowest BCUT2D eigenvalue weighted by Crippen LogP contribution is -2.41. The summed E-state index contributed by atoms with van der Waals surface area (Å²) in [7, 11) is 0. The molecular formula is C16H25N3O. The maximum absolute atomic E-state index is 11.9. The fourth-order valence-corrected chi connectivity index (χ4v) is 2.82. The molecule has 1 aromatic rings. The zero-order chi connectivity index (χ0) is 14.5. The lowest BCUT2D eigenvalue weighted by molar-refractivity contribution is -0.116. The van der Waals surface area contributed by atoms with Gasteiger partial charge < -0.3 is 16.0 Å². The van der Waals surface area contributed by atoms with Gasteiger partial charge in [-0.25, -0.2) is 0 Å². The second kappa shape index (κ2) is 6.75. The number of piperidine rings is 1. The van der Waals surface area contributed by atoms with Gasteiger partial charge in [0.25, 0.3) is 0 Å². The predicted octanol–water partition coefficient (Wildman–Crippen LogP) is 2.72. The fourth-order valence-electron chi connectivity index (χ4n) is 2.82. The van der Waals surface area contributed by atoms with Crippen LogP contribution in [0.15, 0.2) is 24.3 Å². The van der Waals surface area contributed by atoms with E-state index in [1.54, 1.807) is 12.1 Å². The average molecular weight is 275 g/mol. The highest BCUT2D eigenvalue weighted by Crippen LogP contribution is 2.22. The van der Waals surface area contributed by atoms with E-state index in [1.807, 2.05) is 12.1 Å². The number of nitrogens with two attached hydrogens (primary N) is 1. The number of amides is 1. The molecule has 1 aromatic carbocycles. The van der Waals surface area contributed by atoms with E-state index in [-0.39, 0.29) is 5.91 Å². The molecule has 0 spiro atoms. The number of benzene rings is 1. The third-order valence-corrected chi connectivity index (χ3v) is 4.10. The van der Waals surface area contributed by atoms with Gasteiger partial charge in [0.1, 0.15) is 0 Å². The van der Waals surface area contributed by atoms with Crippen molar-refractivity contribution < 1.29 is 4.79 Å². The number of carbonyl (C=O) groups is 1. The van der Waals surface area contributed by atoms with Crippen LogP contribution in [0.5, 0.6) is 0 Å². The first-order valence-corrected chi connectivity index (χ1v) is 7.44. The van der Waals surface area contributed by atoms with Crippen molar-refractivity contribution in [3.63, 3.8) is 0 Å². The molecule has 1 heterocycles. The summed E-state index contributed by atoms with van der Waals surface area (Å²) in [5, 5.41) is 2.91. The fraction of sp³-hybridized carbons (Fsp3) is 0.562. The van der Waals surface area contributed by atoms with Crippen molar-refractivity contribution in [1.29, 1.82) is 0 Å². The standard InChI is InChI=1S/C16H25N3O/c1-12-7-9-19(13(2)11-12)10-8-16(20)18-15-5-3-14(17)4-6-15/h3-6,12-13H,7-11,17H2,1-2H3,(H,18,20). The highest BCUT2D eigenvalue weighted by atomic mass is 16.1. The van der Waals surface area contributed by atoms with Crippen molar-refractivity contribution in [1.82, 2.24) is 4.90 Å². The monoisotopic (exact) mass is 275 g/mol. The molecule has 0 saturated carbocycles. The quantitative estimate of drug-likeness (QED) is 0.831. The Kier molecular flexibility index (Phi) is 5.01. The van der Waals surface area contributed by atoms with Gasteiger partial charge in [-0.3, -0.25) is 4.79 Å². The molecule has 1 aliphatic heterocycles. The van der Waals surface area contributed by atoms with Crippen molar-refractivity contribution in [3.8, 4) is 0 Å². The topological polar surface area (TPSA) is 58.4 Å². The molecule has 3 N–H and O–H groups in total. The van der Waals surface area contributed by atoms with Crippen LogP contribution in [0.4, 0.5) is 11.4 Å². The Morgan fingerprint density at radius 3 is 2.70 bits per heavy atom. The smallest absolute Gasteiger partial charge is 0.225 e. The van der Waals surface area contributed by atoms with Crippen LogP contribution in [0.1, 0.15) is 33.1 Å². The summed E-state index contributed by atoms with van der Waals surface area (Å²) >= 11 is 0. The molecule has 0 radical (unpaired) electrons. The van der Waals surface area contributed by atoms with Gasteiger partial charge in [0.05, 0.1) is 0 Å². The zero-order valence-corrected chi connectivity index (χ0v) is 12.4. The molecule has 1 amide bonds. The van der Waals surface area contributed by atoms with Crippen LogP contribution in [0.3, 0.4) is 0 Å². The minimum Gasteiger partial charge on any atom is -0.399 e. The molecule has 1 saturated heterocycles. The summed E-state index contributed by atoms with van der Waals surface area (Å²) in [5.74, 6) is 0.880. The van der Waals surface area contributed by atoms with Crippen molar-refractivity contribution in [2.75, 3.05) is 24.1 Å². The Hall–Kier alpha value is -1.55. The summed E-state index contributed by atoms with van der Waals surface area (Å²) in [4.78, 5) is 14.4. The van der Waals surface area contributed by atoms with Crippen LogP contribution >= 0.6 is 0 Å². The Balaban J connectivity index is 1.76. The van der Waals surface area contributed by atoms with Gasteiger partial charge in [-0.05, 0) is 56.5 Å².